The van der Waals surface area contributed by atoms with E-state index in [0.29, 0.717) is 10.5 Å². The van der Waals surface area contributed by atoms with Gasteiger partial charge in [-0.1, -0.05) is 10.3 Å². The fraction of sp³-hybridized carbons (Fsp3) is 0.273. The normalized spacial score (nSPS) is 11.9. The first-order valence-corrected chi connectivity index (χ1v) is 5.87. The lowest BCUT2D eigenvalue weighted by Crippen LogP contribution is -2.24. The summed E-state index contributed by atoms with van der Waals surface area (Å²) in [7, 11) is 1.32. The zero-order valence-corrected chi connectivity index (χ0v) is 11.2. The van der Waals surface area contributed by atoms with E-state index in [1.807, 2.05) is 0 Å². The zero-order chi connectivity index (χ0) is 13.8. The van der Waals surface area contributed by atoms with Gasteiger partial charge in [0.25, 0.3) is 0 Å². The minimum atomic E-state index is -0.660. The summed E-state index contributed by atoms with van der Waals surface area (Å²) in [6, 6.07) is 6.98. The van der Waals surface area contributed by atoms with Crippen molar-refractivity contribution in [2.45, 2.75) is 13.0 Å². The molecule has 8 heteroatoms. The lowest BCUT2D eigenvalue weighted by Gasteiger charge is -2.12. The van der Waals surface area contributed by atoms with E-state index in [1.165, 1.54) is 7.11 Å². The van der Waals surface area contributed by atoms with Crippen LogP contribution in [0.15, 0.2) is 24.3 Å². The number of carbonyl (C=O) groups is 1. The van der Waals surface area contributed by atoms with Gasteiger partial charge in [0.15, 0.2) is 6.10 Å². The monoisotopic (exact) mass is 280 g/mol. The number of rotatable bonds is 4. The van der Waals surface area contributed by atoms with Gasteiger partial charge in [0.05, 0.1) is 12.8 Å². The summed E-state index contributed by atoms with van der Waals surface area (Å²) in [5, 5.41) is 9.92. The molecule has 100 valence electrons. The van der Waals surface area contributed by atoms with Gasteiger partial charge in [-0.15, -0.1) is 0 Å². The van der Waals surface area contributed by atoms with Gasteiger partial charge in [0.2, 0.25) is 4.77 Å². The highest BCUT2D eigenvalue weighted by Gasteiger charge is 2.14. The number of hydrogen-bond acceptors (Lipinski definition) is 6. The Kier molecular flexibility index (Phi) is 3.91. The molecule has 2 aromatic rings. The smallest absolute Gasteiger partial charge is 0.346 e. The third-order valence-electron chi connectivity index (χ3n) is 2.41. The summed E-state index contributed by atoms with van der Waals surface area (Å²) in [6.45, 7) is 1.62. The van der Waals surface area contributed by atoms with Gasteiger partial charge in [-0.05, 0) is 43.4 Å². The first kappa shape index (κ1) is 13.2. The molecule has 0 spiro atoms. The van der Waals surface area contributed by atoms with Crippen LogP contribution >= 0.6 is 12.2 Å². The molecule has 0 fully saturated rings. The highest BCUT2D eigenvalue weighted by atomic mass is 32.1. The van der Waals surface area contributed by atoms with E-state index in [0.717, 1.165) is 5.69 Å². The predicted molar refractivity (Wildman–Crippen MR) is 68.6 cm³/mol. The van der Waals surface area contributed by atoms with Crippen molar-refractivity contribution in [2.24, 2.45) is 0 Å². The molecule has 0 aliphatic heterocycles. The molecule has 2 rings (SSSR count). The van der Waals surface area contributed by atoms with Crippen molar-refractivity contribution in [1.82, 2.24) is 20.2 Å². The molecule has 1 N–H and O–H groups in total. The van der Waals surface area contributed by atoms with Crippen LogP contribution in [0.4, 0.5) is 0 Å². The van der Waals surface area contributed by atoms with Gasteiger partial charge < -0.3 is 9.47 Å². The third kappa shape index (κ3) is 2.97. The quantitative estimate of drug-likeness (QED) is 0.671. The number of benzene rings is 1. The first-order valence-electron chi connectivity index (χ1n) is 5.47. The molecule has 0 saturated carbocycles. The second-order valence-corrected chi connectivity index (χ2v) is 4.06. The Balaban J connectivity index is 2.13. The lowest BCUT2D eigenvalue weighted by atomic mass is 10.3. The van der Waals surface area contributed by atoms with E-state index in [2.05, 4.69) is 20.3 Å². The minimum absolute atomic E-state index is 0.330. The van der Waals surface area contributed by atoms with Gasteiger partial charge in [-0.25, -0.2) is 9.48 Å². The molecule has 19 heavy (non-hydrogen) atoms. The summed E-state index contributed by atoms with van der Waals surface area (Å²) in [5.74, 6) is 0.129. The van der Waals surface area contributed by atoms with Crippen LogP contribution in [-0.4, -0.2) is 39.4 Å². The lowest BCUT2D eigenvalue weighted by molar-refractivity contribution is -0.147. The number of methoxy groups -OCH3 is 1. The Bertz CT molecular complexity index is 619. The van der Waals surface area contributed by atoms with E-state index >= 15 is 0 Å². The van der Waals surface area contributed by atoms with Crippen molar-refractivity contribution in [3.63, 3.8) is 0 Å². The number of tetrazole rings is 1. The van der Waals surface area contributed by atoms with Crippen molar-refractivity contribution >= 4 is 18.2 Å². The molecule has 0 saturated heterocycles. The number of hydrogen-bond donors (Lipinski definition) is 1. The molecule has 0 aliphatic rings. The van der Waals surface area contributed by atoms with Crippen LogP contribution in [-0.2, 0) is 9.53 Å². The largest absolute Gasteiger partial charge is 0.479 e. The number of carbonyl (C=O) groups excluding carboxylic acids is 1. The Hall–Kier alpha value is -2.22. The van der Waals surface area contributed by atoms with E-state index in [-0.39, 0.29) is 0 Å². The van der Waals surface area contributed by atoms with Crippen molar-refractivity contribution in [2.75, 3.05) is 7.11 Å². The number of H-pyrrole nitrogens is 1. The maximum absolute atomic E-state index is 11.2. The van der Waals surface area contributed by atoms with Crippen LogP contribution in [0.3, 0.4) is 0 Å². The molecular weight excluding hydrogens is 268 g/mol. The second-order valence-electron chi connectivity index (χ2n) is 3.70. The van der Waals surface area contributed by atoms with E-state index in [4.69, 9.17) is 17.0 Å². The molecule has 0 radical (unpaired) electrons. The topological polar surface area (TPSA) is 82.0 Å². The molecule has 1 atom stereocenters. The van der Waals surface area contributed by atoms with Crippen LogP contribution in [0.25, 0.3) is 5.69 Å². The van der Waals surface area contributed by atoms with E-state index in [1.54, 1.807) is 35.9 Å². The van der Waals surface area contributed by atoms with Crippen LogP contribution in [0, 0.1) is 4.77 Å². The molecule has 1 heterocycles. The SMILES string of the molecule is COC(=O)C(C)Oc1ccc(-n2[nH]nnc2=S)cc1. The Morgan fingerprint density at radius 2 is 2.11 bits per heavy atom. The van der Waals surface area contributed by atoms with Crippen molar-refractivity contribution in [1.29, 1.82) is 0 Å². The summed E-state index contributed by atoms with van der Waals surface area (Å²) < 4.78 is 11.9. The molecule has 0 amide bonds. The number of nitrogens with one attached hydrogen (secondary N) is 1. The average molecular weight is 280 g/mol. The van der Waals surface area contributed by atoms with E-state index in [9.17, 15) is 4.79 Å². The molecule has 7 nitrogen and oxygen atoms in total. The summed E-state index contributed by atoms with van der Waals surface area (Å²) >= 11 is 4.99. The molecular formula is C11H12N4O3S. The van der Waals surface area contributed by atoms with E-state index < -0.39 is 12.1 Å². The Labute approximate surface area is 114 Å². The fourth-order valence-corrected chi connectivity index (χ4v) is 1.64. The summed E-state index contributed by atoms with van der Waals surface area (Å²) in [5.41, 5.74) is 0.771. The number of nitrogens with zero attached hydrogens (tertiary/aromatic N) is 3. The van der Waals surface area contributed by atoms with Gasteiger partial charge in [-0.2, -0.15) is 5.21 Å². The van der Waals surface area contributed by atoms with Crippen LogP contribution < -0.4 is 4.74 Å². The third-order valence-corrected chi connectivity index (χ3v) is 2.68. The molecule has 0 aliphatic carbocycles. The highest BCUT2D eigenvalue weighted by molar-refractivity contribution is 7.71. The van der Waals surface area contributed by atoms with Gasteiger partial charge in [-0.3, -0.25) is 0 Å². The van der Waals surface area contributed by atoms with Crippen LogP contribution in [0.1, 0.15) is 6.92 Å². The van der Waals surface area contributed by atoms with Crippen LogP contribution in [0.5, 0.6) is 5.75 Å². The minimum Gasteiger partial charge on any atom is -0.479 e. The summed E-state index contributed by atoms with van der Waals surface area (Å²) in [4.78, 5) is 11.2. The maximum atomic E-state index is 11.2. The van der Waals surface area contributed by atoms with Crippen LogP contribution in [0.2, 0.25) is 0 Å². The van der Waals surface area contributed by atoms with Crippen molar-refractivity contribution in [3.8, 4) is 11.4 Å². The van der Waals surface area contributed by atoms with Gasteiger partial charge in [0.1, 0.15) is 5.75 Å². The van der Waals surface area contributed by atoms with Crippen molar-refractivity contribution < 1.29 is 14.3 Å². The zero-order valence-electron chi connectivity index (χ0n) is 10.4. The van der Waals surface area contributed by atoms with Crippen molar-refractivity contribution in [3.05, 3.63) is 29.0 Å². The van der Waals surface area contributed by atoms with Gasteiger partial charge >= 0.3 is 5.97 Å². The number of ether oxygens (including phenoxy) is 2. The Morgan fingerprint density at radius 1 is 1.42 bits per heavy atom. The number of aromatic amines is 1. The number of aromatic nitrogens is 4. The average Bonchev–Trinajstić information content (AvgIpc) is 2.85. The summed E-state index contributed by atoms with van der Waals surface area (Å²) in [6.07, 6.45) is -0.660. The first-order chi connectivity index (χ1) is 9.11. The molecule has 1 aromatic carbocycles. The highest BCUT2D eigenvalue weighted by Crippen LogP contribution is 2.16. The molecule has 1 aromatic heterocycles. The van der Waals surface area contributed by atoms with Gasteiger partial charge in [0, 0.05) is 0 Å². The molecule has 1 unspecified atom stereocenters. The number of esters is 1. The fourth-order valence-electron chi connectivity index (χ4n) is 1.46. The molecule has 0 bridgehead atoms. The Morgan fingerprint density at radius 3 is 2.63 bits per heavy atom. The predicted octanol–water partition coefficient (Wildman–Crippen LogP) is 1.27. The maximum Gasteiger partial charge on any atom is 0.346 e. The second kappa shape index (κ2) is 5.61. The standard InChI is InChI=1S/C11H12N4O3S/c1-7(10(16)17-2)18-9-5-3-8(4-6-9)15-11(19)12-13-14-15/h3-7H,1-2H3,(H,12,14,19).